The van der Waals surface area contributed by atoms with Gasteiger partial charge in [0.15, 0.2) is 0 Å². The number of halogens is 1. The number of nitrogens with two attached hydrogens (primary N) is 1. The van der Waals surface area contributed by atoms with Crippen LogP contribution in [0.4, 0.5) is 0 Å². The van der Waals surface area contributed by atoms with Crippen LogP contribution in [0.15, 0.2) is 48.5 Å². The van der Waals surface area contributed by atoms with Crippen LogP contribution in [0.5, 0.6) is 5.75 Å². The van der Waals surface area contributed by atoms with Gasteiger partial charge in [-0.05, 0) is 35.4 Å². The van der Waals surface area contributed by atoms with E-state index in [0.717, 1.165) is 16.9 Å². The van der Waals surface area contributed by atoms with E-state index in [0.29, 0.717) is 18.0 Å². The maximum absolute atomic E-state index is 8.63. The molecule has 0 amide bonds. The fourth-order valence-electron chi connectivity index (χ4n) is 1.87. The van der Waals surface area contributed by atoms with Crippen LogP contribution >= 0.6 is 11.6 Å². The Kier molecular flexibility index (Phi) is 5.00. The lowest BCUT2D eigenvalue weighted by Gasteiger charge is -2.18. The molecule has 0 saturated carbocycles. The highest BCUT2D eigenvalue weighted by atomic mass is 35.5. The molecule has 0 radical (unpaired) electrons. The van der Waals surface area contributed by atoms with E-state index in [2.05, 4.69) is 6.07 Å². The maximum atomic E-state index is 8.63. The summed E-state index contributed by atoms with van der Waals surface area (Å²) in [5.74, 6) is 0.733. The molecule has 0 heterocycles. The number of nitrogens with zero attached hydrogens (tertiary/aromatic N) is 1. The average Bonchev–Trinajstić information content (AvgIpc) is 2.48. The Labute approximate surface area is 123 Å². The van der Waals surface area contributed by atoms with Gasteiger partial charge in [0.25, 0.3) is 0 Å². The van der Waals surface area contributed by atoms with Crippen LogP contribution in [0.3, 0.4) is 0 Å². The van der Waals surface area contributed by atoms with E-state index < -0.39 is 0 Å². The van der Waals surface area contributed by atoms with Crippen molar-refractivity contribution in [3.8, 4) is 11.8 Å². The first kappa shape index (κ1) is 14.4. The molecule has 102 valence electrons. The smallest absolute Gasteiger partial charge is 0.136 e. The summed E-state index contributed by atoms with van der Waals surface area (Å²) in [6.07, 6.45) is 0.187. The number of hydrogen-bond acceptors (Lipinski definition) is 3. The third-order valence-electron chi connectivity index (χ3n) is 2.94. The van der Waals surface area contributed by atoms with Gasteiger partial charge in [-0.2, -0.15) is 5.26 Å². The Balaban J connectivity index is 2.10. The molecule has 0 aliphatic heterocycles. The molecule has 2 rings (SSSR count). The summed E-state index contributed by atoms with van der Waals surface area (Å²) in [4.78, 5) is 0. The van der Waals surface area contributed by atoms with Crippen LogP contribution in [0.2, 0.25) is 5.02 Å². The molecule has 0 fully saturated rings. The van der Waals surface area contributed by atoms with Crippen LogP contribution in [0.25, 0.3) is 0 Å². The van der Waals surface area contributed by atoms with Gasteiger partial charge in [0.1, 0.15) is 11.9 Å². The van der Waals surface area contributed by atoms with Gasteiger partial charge in [0.05, 0.1) is 12.5 Å². The highest BCUT2D eigenvalue weighted by molar-refractivity contribution is 6.30. The highest BCUT2D eigenvalue weighted by Crippen LogP contribution is 2.23. The van der Waals surface area contributed by atoms with Crippen LogP contribution in [-0.2, 0) is 6.42 Å². The van der Waals surface area contributed by atoms with E-state index >= 15 is 0 Å². The molecule has 2 N–H and O–H groups in total. The Morgan fingerprint density at radius 3 is 2.30 bits per heavy atom. The molecule has 1 atom stereocenters. The number of hydrogen-bond donors (Lipinski definition) is 1. The molecule has 4 heteroatoms. The van der Waals surface area contributed by atoms with Crippen molar-refractivity contribution in [3.05, 3.63) is 64.7 Å². The van der Waals surface area contributed by atoms with Gasteiger partial charge in [-0.3, -0.25) is 0 Å². The Morgan fingerprint density at radius 2 is 1.75 bits per heavy atom. The molecular weight excluding hydrogens is 272 g/mol. The molecular formula is C16H15ClN2O. The normalized spacial score (nSPS) is 11.7. The predicted octanol–water partition coefficient (Wildman–Crippen LogP) is 3.48. The lowest BCUT2D eigenvalue weighted by atomic mass is 10.1. The van der Waals surface area contributed by atoms with E-state index in [9.17, 15) is 0 Å². The fraction of sp³-hybridized carbons (Fsp3) is 0.188. The lowest BCUT2D eigenvalue weighted by Crippen LogP contribution is -2.18. The number of rotatable bonds is 5. The highest BCUT2D eigenvalue weighted by Gasteiger charge is 2.11. The monoisotopic (exact) mass is 286 g/mol. The molecule has 1 unspecified atom stereocenters. The Morgan fingerprint density at radius 1 is 1.10 bits per heavy atom. The average molecular weight is 287 g/mol. The second-order valence-corrected chi connectivity index (χ2v) is 4.81. The third-order valence-corrected chi connectivity index (χ3v) is 3.19. The zero-order chi connectivity index (χ0) is 14.4. The summed E-state index contributed by atoms with van der Waals surface area (Å²) in [5.41, 5.74) is 7.72. The molecule has 2 aromatic rings. The first-order chi connectivity index (χ1) is 9.72. The molecule has 0 saturated heterocycles. The quantitative estimate of drug-likeness (QED) is 0.915. The summed E-state index contributed by atoms with van der Waals surface area (Å²) in [6, 6.07) is 17.0. The molecule has 0 aliphatic rings. The summed E-state index contributed by atoms with van der Waals surface area (Å²) >= 11 is 5.87. The minimum Gasteiger partial charge on any atom is -0.484 e. The molecule has 0 bridgehead atoms. The van der Waals surface area contributed by atoms with Crippen molar-refractivity contribution in [2.75, 3.05) is 6.54 Å². The second-order valence-electron chi connectivity index (χ2n) is 4.37. The molecule has 3 nitrogen and oxygen atoms in total. The molecule has 0 aliphatic carbocycles. The van der Waals surface area contributed by atoms with Crippen LogP contribution < -0.4 is 10.5 Å². The third kappa shape index (κ3) is 3.74. The van der Waals surface area contributed by atoms with E-state index in [1.807, 2.05) is 48.5 Å². The lowest BCUT2D eigenvalue weighted by molar-refractivity contribution is 0.214. The fourth-order valence-corrected chi connectivity index (χ4v) is 2.00. The standard InChI is InChI=1S/C16H15ClN2O/c17-14-5-3-13(4-6-14)16(11-19)20-15-7-1-12(2-8-15)9-10-18/h1-8,16H,9,11,19H2. The van der Waals surface area contributed by atoms with E-state index in [-0.39, 0.29) is 6.10 Å². The van der Waals surface area contributed by atoms with Crippen LogP contribution in [0, 0.1) is 11.3 Å². The number of benzene rings is 2. The van der Waals surface area contributed by atoms with Gasteiger partial charge < -0.3 is 10.5 Å². The van der Waals surface area contributed by atoms with E-state index in [4.69, 9.17) is 27.3 Å². The van der Waals surface area contributed by atoms with Crippen molar-refractivity contribution in [2.24, 2.45) is 5.73 Å². The van der Waals surface area contributed by atoms with Crippen LogP contribution in [-0.4, -0.2) is 6.54 Å². The summed E-state index contributed by atoms with van der Waals surface area (Å²) in [5, 5.41) is 9.32. The van der Waals surface area contributed by atoms with Crippen molar-refractivity contribution in [2.45, 2.75) is 12.5 Å². The van der Waals surface area contributed by atoms with E-state index in [1.54, 1.807) is 0 Å². The summed E-state index contributed by atoms with van der Waals surface area (Å²) in [6.45, 7) is 0.377. The van der Waals surface area contributed by atoms with Crippen LogP contribution in [0.1, 0.15) is 17.2 Å². The second kappa shape index (κ2) is 6.95. The first-order valence-electron chi connectivity index (χ1n) is 6.31. The zero-order valence-electron chi connectivity index (χ0n) is 10.9. The van der Waals surface area contributed by atoms with Gasteiger partial charge in [0, 0.05) is 11.6 Å². The molecule has 0 spiro atoms. The molecule has 20 heavy (non-hydrogen) atoms. The van der Waals surface area contributed by atoms with Crippen molar-refractivity contribution < 1.29 is 4.74 Å². The summed E-state index contributed by atoms with van der Waals surface area (Å²) < 4.78 is 5.87. The zero-order valence-corrected chi connectivity index (χ0v) is 11.7. The topological polar surface area (TPSA) is 59.0 Å². The van der Waals surface area contributed by atoms with Gasteiger partial charge in [-0.15, -0.1) is 0 Å². The predicted molar refractivity (Wildman–Crippen MR) is 79.6 cm³/mol. The first-order valence-corrected chi connectivity index (χ1v) is 6.69. The van der Waals surface area contributed by atoms with Crippen molar-refractivity contribution in [1.29, 1.82) is 5.26 Å². The largest absolute Gasteiger partial charge is 0.484 e. The minimum atomic E-state index is -0.214. The molecule has 2 aromatic carbocycles. The van der Waals surface area contributed by atoms with Gasteiger partial charge in [0.2, 0.25) is 0 Å². The number of nitriles is 1. The number of ether oxygens (including phenoxy) is 1. The Hall–Kier alpha value is -2.02. The van der Waals surface area contributed by atoms with Gasteiger partial charge >= 0.3 is 0 Å². The summed E-state index contributed by atoms with van der Waals surface area (Å²) in [7, 11) is 0. The maximum Gasteiger partial charge on any atom is 0.136 e. The van der Waals surface area contributed by atoms with Gasteiger partial charge in [-0.25, -0.2) is 0 Å². The molecule has 0 aromatic heterocycles. The van der Waals surface area contributed by atoms with E-state index in [1.165, 1.54) is 0 Å². The van der Waals surface area contributed by atoms with Gasteiger partial charge in [-0.1, -0.05) is 35.9 Å². The van der Waals surface area contributed by atoms with Crippen molar-refractivity contribution in [1.82, 2.24) is 0 Å². The minimum absolute atomic E-state index is 0.214. The van der Waals surface area contributed by atoms with Crippen molar-refractivity contribution in [3.63, 3.8) is 0 Å². The Bertz CT molecular complexity index is 587. The SMILES string of the molecule is N#CCc1ccc(OC(CN)c2ccc(Cl)cc2)cc1. The van der Waals surface area contributed by atoms with Crippen molar-refractivity contribution >= 4 is 11.6 Å².